The van der Waals surface area contributed by atoms with Gasteiger partial charge in [-0.2, -0.15) is 0 Å². The molecule has 3 fully saturated rings. The summed E-state index contributed by atoms with van der Waals surface area (Å²) in [4.78, 5) is 11.8. The van der Waals surface area contributed by atoms with Crippen molar-refractivity contribution in [3.05, 3.63) is 12.2 Å². The quantitative estimate of drug-likeness (QED) is 0.586. The predicted octanol–water partition coefficient (Wildman–Crippen LogP) is 2.27. The average molecular weight is 312 g/mol. The second-order valence-corrected chi connectivity index (χ2v) is 6.15. The van der Waals surface area contributed by atoms with Crippen LogP contribution >= 0.6 is 0 Å². The maximum Gasteiger partial charge on any atom is 0.335 e. The molecule has 0 radical (unpaired) electrons. The van der Waals surface area contributed by atoms with Gasteiger partial charge in [-0.3, -0.25) is 0 Å². The molecule has 3 rings (SSSR count). The Morgan fingerprint density at radius 2 is 1.82 bits per heavy atom. The van der Waals surface area contributed by atoms with E-state index in [-0.39, 0.29) is 6.10 Å². The Labute approximate surface area is 130 Å². The van der Waals surface area contributed by atoms with Gasteiger partial charge in [0.1, 0.15) is 6.10 Å². The van der Waals surface area contributed by atoms with E-state index in [0.29, 0.717) is 12.2 Å². The molecule has 0 aromatic rings. The second-order valence-electron chi connectivity index (χ2n) is 6.15. The fourth-order valence-electron chi connectivity index (χ4n) is 3.29. The highest BCUT2D eigenvalue weighted by molar-refractivity contribution is 5.87. The van der Waals surface area contributed by atoms with Crippen LogP contribution < -0.4 is 0 Å². The maximum atomic E-state index is 11.8. The summed E-state index contributed by atoms with van der Waals surface area (Å²) >= 11 is 0. The van der Waals surface area contributed by atoms with E-state index in [0.717, 1.165) is 25.7 Å². The zero-order chi connectivity index (χ0) is 15.7. The molecule has 3 aliphatic rings. The lowest BCUT2D eigenvalue weighted by Crippen LogP contribution is -2.38. The van der Waals surface area contributed by atoms with Crippen LogP contribution in [0.1, 0.15) is 46.0 Å². The van der Waals surface area contributed by atoms with Crippen LogP contribution in [0.25, 0.3) is 0 Å². The molecule has 1 aliphatic carbocycles. The van der Waals surface area contributed by atoms with Gasteiger partial charge in [0.25, 0.3) is 0 Å². The monoisotopic (exact) mass is 312 g/mol. The topological polar surface area (TPSA) is 63.2 Å². The van der Waals surface area contributed by atoms with E-state index in [1.807, 2.05) is 6.92 Å². The van der Waals surface area contributed by atoms with Gasteiger partial charge in [0.05, 0.1) is 0 Å². The number of carbonyl (C=O) groups is 1. The van der Waals surface area contributed by atoms with Crippen molar-refractivity contribution in [2.24, 2.45) is 0 Å². The summed E-state index contributed by atoms with van der Waals surface area (Å²) in [6.07, 6.45) is 2.89. The normalized spacial score (nSPS) is 36.3. The van der Waals surface area contributed by atoms with E-state index in [1.54, 1.807) is 6.92 Å². The lowest BCUT2D eigenvalue weighted by atomic mass is 9.94. The molecule has 1 spiro atoms. The van der Waals surface area contributed by atoms with Crippen LogP contribution in [0.15, 0.2) is 12.2 Å². The van der Waals surface area contributed by atoms with Crippen LogP contribution in [0.5, 0.6) is 0 Å². The number of ether oxygens (including phenoxy) is 5. The summed E-state index contributed by atoms with van der Waals surface area (Å²) in [5.74, 6) is -1.06. The number of hydrogen-bond donors (Lipinski definition) is 0. The van der Waals surface area contributed by atoms with Gasteiger partial charge in [-0.25, -0.2) is 4.79 Å². The van der Waals surface area contributed by atoms with Gasteiger partial charge in [-0.05, 0) is 26.7 Å². The highest BCUT2D eigenvalue weighted by Crippen LogP contribution is 2.46. The van der Waals surface area contributed by atoms with E-state index in [1.165, 1.54) is 6.42 Å². The summed E-state index contributed by atoms with van der Waals surface area (Å²) in [6.45, 7) is 7.57. The summed E-state index contributed by atoms with van der Waals surface area (Å²) in [7, 11) is 0. The SMILES string of the molecule is C=C(C)C(=O)OC1OC(OCC)C2OC3(CCCCC3)OC12. The van der Waals surface area contributed by atoms with Crippen molar-refractivity contribution in [2.75, 3.05) is 6.61 Å². The average Bonchev–Trinajstić information content (AvgIpc) is 2.98. The molecule has 0 aromatic heterocycles. The molecule has 124 valence electrons. The van der Waals surface area contributed by atoms with Crippen molar-refractivity contribution in [3.63, 3.8) is 0 Å². The van der Waals surface area contributed by atoms with E-state index in [4.69, 9.17) is 23.7 Å². The Hall–Kier alpha value is -0.950. The fourth-order valence-corrected chi connectivity index (χ4v) is 3.29. The fraction of sp³-hybridized carbons (Fsp3) is 0.812. The minimum Gasteiger partial charge on any atom is -0.429 e. The highest BCUT2D eigenvalue weighted by Gasteiger charge is 2.60. The predicted molar refractivity (Wildman–Crippen MR) is 76.8 cm³/mol. The molecule has 6 nitrogen and oxygen atoms in total. The molecule has 0 aromatic carbocycles. The first-order chi connectivity index (χ1) is 10.5. The third kappa shape index (κ3) is 2.93. The second kappa shape index (κ2) is 6.28. The van der Waals surface area contributed by atoms with E-state index in [2.05, 4.69) is 6.58 Å². The van der Waals surface area contributed by atoms with Crippen molar-refractivity contribution < 1.29 is 28.5 Å². The molecule has 4 unspecified atom stereocenters. The number of rotatable bonds is 4. The van der Waals surface area contributed by atoms with Crippen LogP contribution in [0.3, 0.4) is 0 Å². The van der Waals surface area contributed by atoms with Crippen molar-refractivity contribution >= 4 is 5.97 Å². The lowest BCUT2D eigenvalue weighted by Gasteiger charge is -2.33. The molecule has 2 heterocycles. The molecule has 0 amide bonds. The minimum atomic E-state index is -0.813. The van der Waals surface area contributed by atoms with Gasteiger partial charge in [0.15, 0.2) is 18.2 Å². The minimum absolute atomic E-state index is 0.325. The third-order valence-corrected chi connectivity index (χ3v) is 4.35. The molecule has 6 heteroatoms. The van der Waals surface area contributed by atoms with Gasteiger partial charge in [-0.1, -0.05) is 13.0 Å². The summed E-state index contributed by atoms with van der Waals surface area (Å²) in [6, 6.07) is 0. The number of fused-ring (bicyclic) bond motifs is 1. The van der Waals surface area contributed by atoms with Crippen LogP contribution in [0, 0.1) is 0 Å². The van der Waals surface area contributed by atoms with Crippen molar-refractivity contribution in [1.82, 2.24) is 0 Å². The van der Waals surface area contributed by atoms with Crippen LogP contribution in [-0.2, 0) is 28.5 Å². The summed E-state index contributed by atoms with van der Waals surface area (Å²) in [5, 5.41) is 0. The van der Waals surface area contributed by atoms with Gasteiger partial charge >= 0.3 is 5.97 Å². The molecule has 2 aliphatic heterocycles. The van der Waals surface area contributed by atoms with Crippen LogP contribution in [0.2, 0.25) is 0 Å². The van der Waals surface area contributed by atoms with Gasteiger partial charge in [0.2, 0.25) is 6.29 Å². The standard InChI is InChI=1S/C16H24O6/c1-4-18-14-11-12(15(20-14)19-13(17)10(2)3)22-16(21-11)8-6-5-7-9-16/h11-12,14-15H,2,4-9H2,1,3H3. The summed E-state index contributed by atoms with van der Waals surface area (Å²) < 4.78 is 28.9. The van der Waals surface area contributed by atoms with E-state index in [9.17, 15) is 4.79 Å². The van der Waals surface area contributed by atoms with E-state index < -0.39 is 30.4 Å². The molecule has 4 atom stereocenters. The Balaban J connectivity index is 1.73. The first kappa shape index (κ1) is 15.9. The van der Waals surface area contributed by atoms with Gasteiger partial charge in [0, 0.05) is 25.0 Å². The largest absolute Gasteiger partial charge is 0.429 e. The molecular formula is C16H24O6. The Bertz CT molecular complexity index is 442. The van der Waals surface area contributed by atoms with E-state index >= 15 is 0 Å². The molecule has 22 heavy (non-hydrogen) atoms. The summed E-state index contributed by atoms with van der Waals surface area (Å²) in [5.41, 5.74) is 0.325. The smallest absolute Gasteiger partial charge is 0.335 e. The molecule has 1 saturated carbocycles. The van der Waals surface area contributed by atoms with Crippen LogP contribution in [0.4, 0.5) is 0 Å². The Kier molecular flexibility index (Phi) is 4.54. The zero-order valence-corrected chi connectivity index (χ0v) is 13.2. The highest BCUT2D eigenvalue weighted by atomic mass is 16.8. The zero-order valence-electron chi connectivity index (χ0n) is 13.2. The van der Waals surface area contributed by atoms with Crippen molar-refractivity contribution in [3.8, 4) is 0 Å². The lowest BCUT2D eigenvalue weighted by molar-refractivity contribution is -0.283. The van der Waals surface area contributed by atoms with Crippen LogP contribution in [-0.4, -0.2) is 43.2 Å². The Morgan fingerprint density at radius 3 is 2.41 bits per heavy atom. The Morgan fingerprint density at radius 1 is 1.18 bits per heavy atom. The molecular weight excluding hydrogens is 288 g/mol. The molecule has 0 bridgehead atoms. The number of esters is 1. The van der Waals surface area contributed by atoms with Gasteiger partial charge < -0.3 is 23.7 Å². The molecule has 0 N–H and O–H groups in total. The number of carbonyl (C=O) groups excluding carboxylic acids is 1. The molecule has 2 saturated heterocycles. The first-order valence-electron chi connectivity index (χ1n) is 8.04. The van der Waals surface area contributed by atoms with Crippen molar-refractivity contribution in [1.29, 1.82) is 0 Å². The first-order valence-corrected chi connectivity index (χ1v) is 8.04. The van der Waals surface area contributed by atoms with Gasteiger partial charge in [-0.15, -0.1) is 0 Å². The third-order valence-electron chi connectivity index (χ3n) is 4.35. The number of hydrogen-bond acceptors (Lipinski definition) is 6. The maximum absolute atomic E-state index is 11.8. The van der Waals surface area contributed by atoms with Crippen molar-refractivity contribution in [2.45, 2.75) is 76.5 Å².